The number of aromatic nitrogens is 1. The second kappa shape index (κ2) is 4.24. The predicted octanol–water partition coefficient (Wildman–Crippen LogP) is 3.47. The zero-order valence-corrected chi connectivity index (χ0v) is 10.6. The van der Waals surface area contributed by atoms with Crippen molar-refractivity contribution in [2.24, 2.45) is 0 Å². The minimum atomic E-state index is 0.0791. The third-order valence-electron chi connectivity index (χ3n) is 2.68. The van der Waals surface area contributed by atoms with Gasteiger partial charge in [-0.15, -0.1) is 0 Å². The number of H-pyrrole nitrogens is 1. The molecule has 0 fully saturated rings. The fourth-order valence-corrected chi connectivity index (χ4v) is 2.10. The molecule has 0 saturated carbocycles. The zero-order valence-electron chi connectivity index (χ0n) is 10.6. The lowest BCUT2D eigenvalue weighted by Gasteiger charge is -2.09. The molecule has 0 radical (unpaired) electrons. The standard InChI is InChI=1S/C14H17NO2/c1-8(2)17-11-5-6-13-12(7-11)14(10(4)16)9(3)15-13/h5-8,15H,1-4H3. The van der Waals surface area contributed by atoms with Gasteiger partial charge in [-0.3, -0.25) is 4.79 Å². The van der Waals surface area contributed by atoms with E-state index in [0.717, 1.165) is 27.9 Å². The van der Waals surface area contributed by atoms with Crippen molar-refractivity contribution in [3.8, 4) is 5.75 Å². The molecule has 0 bridgehead atoms. The molecule has 0 spiro atoms. The largest absolute Gasteiger partial charge is 0.491 e. The number of ether oxygens (including phenoxy) is 1. The highest BCUT2D eigenvalue weighted by Crippen LogP contribution is 2.27. The Morgan fingerprint density at radius 2 is 2.06 bits per heavy atom. The number of Topliss-reactive ketones (excluding diaryl/α,β-unsaturated/α-hetero) is 1. The van der Waals surface area contributed by atoms with E-state index in [9.17, 15) is 4.79 Å². The number of nitrogens with one attached hydrogen (secondary N) is 1. The number of ketones is 1. The van der Waals surface area contributed by atoms with E-state index >= 15 is 0 Å². The monoisotopic (exact) mass is 231 g/mol. The number of fused-ring (bicyclic) bond motifs is 1. The van der Waals surface area contributed by atoms with E-state index in [1.165, 1.54) is 0 Å². The molecule has 0 aliphatic heterocycles. The molecule has 2 aromatic rings. The fraction of sp³-hybridized carbons (Fsp3) is 0.357. The lowest BCUT2D eigenvalue weighted by atomic mass is 10.1. The van der Waals surface area contributed by atoms with Crippen molar-refractivity contribution in [1.82, 2.24) is 4.98 Å². The Bertz CT molecular complexity index is 567. The maximum atomic E-state index is 11.6. The normalized spacial score (nSPS) is 11.1. The summed E-state index contributed by atoms with van der Waals surface area (Å²) in [6.45, 7) is 7.47. The van der Waals surface area contributed by atoms with Gasteiger partial charge in [0.25, 0.3) is 0 Å². The Balaban J connectivity index is 2.58. The number of aryl methyl sites for hydroxylation is 1. The molecule has 90 valence electrons. The van der Waals surface area contributed by atoms with Crippen LogP contribution in [0, 0.1) is 6.92 Å². The summed E-state index contributed by atoms with van der Waals surface area (Å²) in [5, 5.41) is 0.938. The van der Waals surface area contributed by atoms with Crippen molar-refractivity contribution < 1.29 is 9.53 Å². The van der Waals surface area contributed by atoms with Gasteiger partial charge in [-0.25, -0.2) is 0 Å². The van der Waals surface area contributed by atoms with E-state index in [4.69, 9.17) is 4.74 Å². The maximum absolute atomic E-state index is 11.6. The molecule has 0 atom stereocenters. The Morgan fingerprint density at radius 1 is 1.35 bits per heavy atom. The number of benzene rings is 1. The molecule has 0 saturated heterocycles. The van der Waals surface area contributed by atoms with Crippen molar-refractivity contribution >= 4 is 16.7 Å². The van der Waals surface area contributed by atoms with Crippen LogP contribution >= 0.6 is 0 Å². The van der Waals surface area contributed by atoms with E-state index in [1.54, 1.807) is 6.92 Å². The van der Waals surface area contributed by atoms with Crippen molar-refractivity contribution in [1.29, 1.82) is 0 Å². The molecule has 1 N–H and O–H groups in total. The molecular weight excluding hydrogens is 214 g/mol. The SMILES string of the molecule is CC(=O)c1c(C)[nH]c2ccc(OC(C)C)cc12. The molecule has 1 heterocycles. The van der Waals surface area contributed by atoms with Crippen LogP contribution in [0.15, 0.2) is 18.2 Å². The lowest BCUT2D eigenvalue weighted by Crippen LogP contribution is -2.05. The Hall–Kier alpha value is -1.77. The van der Waals surface area contributed by atoms with Crippen LogP contribution in [0.3, 0.4) is 0 Å². The molecule has 0 unspecified atom stereocenters. The van der Waals surface area contributed by atoms with E-state index < -0.39 is 0 Å². The highest BCUT2D eigenvalue weighted by molar-refractivity contribution is 6.08. The molecule has 0 amide bonds. The van der Waals surface area contributed by atoms with Crippen molar-refractivity contribution in [2.75, 3.05) is 0 Å². The molecule has 1 aromatic carbocycles. The van der Waals surface area contributed by atoms with Gasteiger partial charge in [0.2, 0.25) is 0 Å². The number of hydrogen-bond acceptors (Lipinski definition) is 2. The highest BCUT2D eigenvalue weighted by atomic mass is 16.5. The zero-order chi connectivity index (χ0) is 12.6. The lowest BCUT2D eigenvalue weighted by molar-refractivity contribution is 0.101. The summed E-state index contributed by atoms with van der Waals surface area (Å²) < 4.78 is 5.64. The van der Waals surface area contributed by atoms with Gasteiger partial charge in [0.15, 0.2) is 5.78 Å². The Labute approximate surface area is 101 Å². The average molecular weight is 231 g/mol. The quantitative estimate of drug-likeness (QED) is 0.822. The topological polar surface area (TPSA) is 42.1 Å². The predicted molar refractivity (Wildman–Crippen MR) is 68.8 cm³/mol. The van der Waals surface area contributed by atoms with Crippen molar-refractivity contribution in [2.45, 2.75) is 33.8 Å². The van der Waals surface area contributed by atoms with Crippen LogP contribution in [0.4, 0.5) is 0 Å². The minimum Gasteiger partial charge on any atom is -0.491 e. The first kappa shape index (κ1) is 11.7. The molecule has 2 rings (SSSR count). The molecule has 0 aliphatic rings. The van der Waals surface area contributed by atoms with E-state index in [1.807, 2.05) is 39.0 Å². The molecule has 17 heavy (non-hydrogen) atoms. The van der Waals surface area contributed by atoms with Gasteiger partial charge in [-0.1, -0.05) is 0 Å². The van der Waals surface area contributed by atoms with Crippen LogP contribution in [0.2, 0.25) is 0 Å². The third kappa shape index (κ3) is 2.18. The van der Waals surface area contributed by atoms with Crippen LogP contribution in [-0.4, -0.2) is 16.9 Å². The highest BCUT2D eigenvalue weighted by Gasteiger charge is 2.13. The smallest absolute Gasteiger partial charge is 0.162 e. The minimum absolute atomic E-state index is 0.0791. The van der Waals surface area contributed by atoms with Crippen molar-refractivity contribution in [3.05, 3.63) is 29.5 Å². The molecular formula is C14H17NO2. The molecule has 3 heteroatoms. The van der Waals surface area contributed by atoms with Gasteiger partial charge in [0, 0.05) is 22.2 Å². The average Bonchev–Trinajstić information content (AvgIpc) is 2.52. The number of aromatic amines is 1. The van der Waals surface area contributed by atoms with Crippen LogP contribution in [0.5, 0.6) is 5.75 Å². The Morgan fingerprint density at radius 3 is 2.65 bits per heavy atom. The maximum Gasteiger partial charge on any atom is 0.162 e. The number of carbonyl (C=O) groups is 1. The van der Waals surface area contributed by atoms with E-state index in [-0.39, 0.29) is 11.9 Å². The van der Waals surface area contributed by atoms with Crippen molar-refractivity contribution in [3.63, 3.8) is 0 Å². The van der Waals surface area contributed by atoms with Crippen LogP contribution in [0.1, 0.15) is 36.8 Å². The summed E-state index contributed by atoms with van der Waals surface area (Å²) in [6.07, 6.45) is 0.133. The first-order valence-electron chi connectivity index (χ1n) is 5.79. The van der Waals surface area contributed by atoms with Crippen LogP contribution < -0.4 is 4.74 Å². The van der Waals surface area contributed by atoms with Crippen LogP contribution in [-0.2, 0) is 0 Å². The summed E-state index contributed by atoms with van der Waals surface area (Å²) in [7, 11) is 0. The second-order valence-corrected chi connectivity index (χ2v) is 4.56. The van der Waals surface area contributed by atoms with Gasteiger partial charge in [-0.05, 0) is 45.9 Å². The number of carbonyl (C=O) groups excluding carboxylic acids is 1. The summed E-state index contributed by atoms with van der Waals surface area (Å²) in [4.78, 5) is 14.8. The molecule has 0 aliphatic carbocycles. The molecule has 1 aromatic heterocycles. The number of rotatable bonds is 3. The van der Waals surface area contributed by atoms with Gasteiger partial charge >= 0.3 is 0 Å². The second-order valence-electron chi connectivity index (χ2n) is 4.56. The van der Waals surface area contributed by atoms with Gasteiger partial charge in [-0.2, -0.15) is 0 Å². The summed E-state index contributed by atoms with van der Waals surface area (Å²) in [6, 6.07) is 5.80. The summed E-state index contributed by atoms with van der Waals surface area (Å²) in [5.41, 5.74) is 2.65. The van der Waals surface area contributed by atoms with E-state index in [2.05, 4.69) is 4.98 Å². The first-order chi connectivity index (χ1) is 7.99. The van der Waals surface area contributed by atoms with Crippen LogP contribution in [0.25, 0.3) is 10.9 Å². The van der Waals surface area contributed by atoms with Gasteiger partial charge < -0.3 is 9.72 Å². The van der Waals surface area contributed by atoms with E-state index in [0.29, 0.717) is 0 Å². The summed E-state index contributed by atoms with van der Waals surface area (Å²) >= 11 is 0. The van der Waals surface area contributed by atoms with Gasteiger partial charge in [0.1, 0.15) is 5.75 Å². The fourth-order valence-electron chi connectivity index (χ4n) is 2.10. The van der Waals surface area contributed by atoms with Gasteiger partial charge in [0.05, 0.1) is 6.10 Å². The molecule has 3 nitrogen and oxygen atoms in total. The Kier molecular flexibility index (Phi) is 2.92. The number of hydrogen-bond donors (Lipinski definition) is 1. The summed E-state index contributed by atoms with van der Waals surface area (Å²) in [5.74, 6) is 0.879. The first-order valence-corrected chi connectivity index (χ1v) is 5.79. The third-order valence-corrected chi connectivity index (χ3v) is 2.68.